The van der Waals surface area contributed by atoms with Crippen molar-refractivity contribution in [2.24, 2.45) is 5.41 Å². The Morgan fingerprint density at radius 1 is 1.43 bits per heavy atom. The Balaban J connectivity index is 4.45. The van der Waals surface area contributed by atoms with Crippen molar-refractivity contribution in [3.05, 3.63) is 0 Å². The molecule has 0 radical (unpaired) electrons. The monoisotopic (exact) mass is 197 g/mol. The lowest BCUT2D eigenvalue weighted by Gasteiger charge is -2.39. The summed E-state index contributed by atoms with van der Waals surface area (Å²) in [6, 6.07) is 0. The topological polar surface area (TPSA) is 49.3 Å². The molecule has 0 aliphatic carbocycles. The molecule has 0 saturated carbocycles. The summed E-state index contributed by atoms with van der Waals surface area (Å²) in [5.74, 6) is 1.70. The summed E-state index contributed by atoms with van der Waals surface area (Å²) in [4.78, 5) is 11.0. The maximum atomic E-state index is 11.0. The van der Waals surface area contributed by atoms with Gasteiger partial charge in [0.15, 0.2) is 0 Å². The van der Waals surface area contributed by atoms with Crippen molar-refractivity contribution in [2.45, 2.75) is 39.7 Å². The van der Waals surface area contributed by atoms with E-state index in [0.29, 0.717) is 13.0 Å². The van der Waals surface area contributed by atoms with Gasteiger partial charge in [0.05, 0.1) is 5.41 Å². The van der Waals surface area contributed by atoms with Crippen LogP contribution in [-0.2, 0) is 4.79 Å². The minimum atomic E-state index is -0.818. The molecule has 0 saturated heterocycles. The van der Waals surface area contributed by atoms with Gasteiger partial charge in [-0.15, -0.1) is 12.3 Å². The van der Waals surface area contributed by atoms with Crippen LogP contribution in [0.3, 0.4) is 0 Å². The number of hydrogen-bond acceptors (Lipinski definition) is 2. The van der Waals surface area contributed by atoms with Gasteiger partial charge in [-0.2, -0.15) is 0 Å². The van der Waals surface area contributed by atoms with Crippen LogP contribution in [-0.4, -0.2) is 23.2 Å². The van der Waals surface area contributed by atoms with E-state index in [1.165, 1.54) is 0 Å². The summed E-state index contributed by atoms with van der Waals surface area (Å²) < 4.78 is 0. The quantitative estimate of drug-likeness (QED) is 0.518. The van der Waals surface area contributed by atoms with Gasteiger partial charge in [-0.25, -0.2) is 0 Å². The second kappa shape index (κ2) is 4.47. The molecule has 3 nitrogen and oxygen atoms in total. The second-order valence-electron chi connectivity index (χ2n) is 4.44. The van der Waals surface area contributed by atoms with Crippen LogP contribution in [0.4, 0.5) is 0 Å². The molecule has 0 fully saturated rings. The van der Waals surface area contributed by atoms with Gasteiger partial charge in [0.2, 0.25) is 0 Å². The largest absolute Gasteiger partial charge is 0.481 e. The molecule has 80 valence electrons. The Kier molecular flexibility index (Phi) is 4.15. The number of hydrogen-bond donors (Lipinski definition) is 2. The van der Waals surface area contributed by atoms with E-state index in [1.54, 1.807) is 13.8 Å². The number of nitrogens with one attached hydrogen (secondary N) is 1. The highest BCUT2D eigenvalue weighted by molar-refractivity contribution is 5.75. The van der Waals surface area contributed by atoms with Crippen LogP contribution in [0.1, 0.15) is 34.1 Å². The summed E-state index contributed by atoms with van der Waals surface area (Å²) in [5, 5.41) is 12.2. The van der Waals surface area contributed by atoms with Crippen molar-refractivity contribution in [1.82, 2.24) is 5.32 Å². The summed E-state index contributed by atoms with van der Waals surface area (Å²) >= 11 is 0. The fraction of sp³-hybridized carbons (Fsp3) is 0.727. The predicted molar refractivity (Wildman–Crippen MR) is 56.9 cm³/mol. The Morgan fingerprint density at radius 3 is 2.29 bits per heavy atom. The van der Waals surface area contributed by atoms with Crippen LogP contribution in [0.5, 0.6) is 0 Å². The first-order valence-corrected chi connectivity index (χ1v) is 4.67. The van der Waals surface area contributed by atoms with Crippen LogP contribution >= 0.6 is 0 Å². The molecule has 0 aromatic rings. The fourth-order valence-corrected chi connectivity index (χ4v) is 0.935. The van der Waals surface area contributed by atoms with E-state index in [9.17, 15) is 4.79 Å². The number of rotatable bonds is 5. The Labute approximate surface area is 85.9 Å². The minimum Gasteiger partial charge on any atom is -0.481 e. The van der Waals surface area contributed by atoms with Crippen molar-refractivity contribution >= 4 is 5.97 Å². The van der Waals surface area contributed by atoms with Crippen molar-refractivity contribution in [3.8, 4) is 12.3 Å². The van der Waals surface area contributed by atoms with E-state index in [-0.39, 0.29) is 0 Å². The number of aliphatic carboxylic acids is 1. The highest BCUT2D eigenvalue weighted by Gasteiger charge is 2.42. The van der Waals surface area contributed by atoms with Crippen LogP contribution in [0.15, 0.2) is 0 Å². The smallest absolute Gasteiger partial charge is 0.310 e. The summed E-state index contributed by atoms with van der Waals surface area (Å²) in [6.07, 6.45) is 5.73. The van der Waals surface area contributed by atoms with Crippen molar-refractivity contribution in [2.75, 3.05) is 6.54 Å². The van der Waals surface area contributed by atoms with E-state index in [4.69, 9.17) is 11.5 Å². The molecule has 0 unspecified atom stereocenters. The maximum absolute atomic E-state index is 11.0. The first-order chi connectivity index (χ1) is 6.25. The molecule has 0 heterocycles. The molecule has 0 aromatic heterocycles. The van der Waals surface area contributed by atoms with Crippen LogP contribution in [0, 0.1) is 17.8 Å². The van der Waals surface area contributed by atoms with Crippen molar-refractivity contribution in [3.63, 3.8) is 0 Å². The average Bonchev–Trinajstić information content (AvgIpc) is 2.04. The standard InChI is InChI=1S/C11H19NO2/c1-6-7-8-12-11(4,5)10(2,3)9(13)14/h1,12H,7-8H2,2-5H3,(H,13,14). The van der Waals surface area contributed by atoms with Crippen molar-refractivity contribution in [1.29, 1.82) is 0 Å². The number of carbonyl (C=O) groups is 1. The maximum Gasteiger partial charge on any atom is 0.310 e. The van der Waals surface area contributed by atoms with Gasteiger partial charge in [0.25, 0.3) is 0 Å². The molecule has 0 atom stereocenters. The first kappa shape index (κ1) is 13.0. The summed E-state index contributed by atoms with van der Waals surface area (Å²) in [5.41, 5.74) is -1.29. The third-order valence-corrected chi connectivity index (χ3v) is 2.93. The van der Waals surface area contributed by atoms with E-state index >= 15 is 0 Å². The Bertz CT molecular complexity index is 249. The SMILES string of the molecule is C#CCCNC(C)(C)C(C)(C)C(=O)O. The number of carboxylic acid groups (broad SMARTS) is 1. The van der Waals surface area contributed by atoms with Crippen LogP contribution in [0.25, 0.3) is 0 Å². The molecule has 0 amide bonds. The Morgan fingerprint density at radius 2 is 1.93 bits per heavy atom. The second-order valence-corrected chi connectivity index (χ2v) is 4.44. The van der Waals surface area contributed by atoms with Crippen LogP contribution < -0.4 is 5.32 Å². The van der Waals surface area contributed by atoms with Gasteiger partial charge in [0.1, 0.15) is 0 Å². The van der Waals surface area contributed by atoms with Gasteiger partial charge in [-0.3, -0.25) is 4.79 Å². The molecule has 0 rings (SSSR count). The third kappa shape index (κ3) is 2.74. The van der Waals surface area contributed by atoms with Gasteiger partial charge in [-0.05, 0) is 27.7 Å². The molecular formula is C11H19NO2. The van der Waals surface area contributed by atoms with Gasteiger partial charge < -0.3 is 10.4 Å². The molecule has 0 spiro atoms. The Hall–Kier alpha value is -1.01. The number of terminal acetylenes is 1. The zero-order chi connectivity index (χ0) is 11.4. The van der Waals surface area contributed by atoms with Gasteiger partial charge in [-0.1, -0.05) is 0 Å². The molecule has 0 bridgehead atoms. The average molecular weight is 197 g/mol. The first-order valence-electron chi connectivity index (χ1n) is 4.67. The summed E-state index contributed by atoms with van der Waals surface area (Å²) in [7, 11) is 0. The lowest BCUT2D eigenvalue weighted by atomic mass is 9.74. The lowest BCUT2D eigenvalue weighted by Crippen LogP contribution is -2.55. The third-order valence-electron chi connectivity index (χ3n) is 2.93. The van der Waals surface area contributed by atoms with E-state index in [0.717, 1.165) is 0 Å². The van der Waals surface area contributed by atoms with Crippen LogP contribution in [0.2, 0.25) is 0 Å². The molecule has 0 aliphatic heterocycles. The normalized spacial score (nSPS) is 12.2. The zero-order valence-corrected chi connectivity index (χ0v) is 9.35. The fourth-order valence-electron chi connectivity index (χ4n) is 0.935. The van der Waals surface area contributed by atoms with E-state index < -0.39 is 16.9 Å². The molecule has 0 aliphatic rings. The molecule has 2 N–H and O–H groups in total. The van der Waals surface area contributed by atoms with E-state index in [2.05, 4.69) is 11.2 Å². The zero-order valence-electron chi connectivity index (χ0n) is 9.35. The summed E-state index contributed by atoms with van der Waals surface area (Å²) in [6.45, 7) is 7.80. The van der Waals surface area contributed by atoms with Crippen molar-refractivity contribution < 1.29 is 9.90 Å². The van der Waals surface area contributed by atoms with E-state index in [1.807, 2.05) is 13.8 Å². The highest BCUT2D eigenvalue weighted by atomic mass is 16.4. The molecule has 3 heteroatoms. The molecular weight excluding hydrogens is 178 g/mol. The highest BCUT2D eigenvalue weighted by Crippen LogP contribution is 2.30. The van der Waals surface area contributed by atoms with Gasteiger partial charge in [0, 0.05) is 18.5 Å². The lowest BCUT2D eigenvalue weighted by molar-refractivity contribution is -0.151. The molecule has 0 aromatic carbocycles. The van der Waals surface area contributed by atoms with Gasteiger partial charge >= 0.3 is 5.97 Å². The molecule has 14 heavy (non-hydrogen) atoms. The number of carboxylic acids is 1. The predicted octanol–water partition coefficient (Wildman–Crippen LogP) is 1.49. The minimum absolute atomic E-state index is 0.477.